The van der Waals surface area contributed by atoms with Gasteiger partial charge in [-0.1, -0.05) is 43.0 Å². The first kappa shape index (κ1) is 10.1. The molecule has 0 unspecified atom stereocenters. The lowest BCUT2D eigenvalue weighted by atomic mass is 10.1. The van der Waals surface area contributed by atoms with Gasteiger partial charge in [0, 0.05) is 12.7 Å². The second-order valence-corrected chi connectivity index (χ2v) is 3.76. The number of carbonyl (C=O) groups is 1. The van der Waals surface area contributed by atoms with Gasteiger partial charge in [-0.05, 0) is 22.9 Å². The van der Waals surface area contributed by atoms with Gasteiger partial charge in [-0.2, -0.15) is 0 Å². The van der Waals surface area contributed by atoms with E-state index in [9.17, 15) is 4.79 Å². The number of hydrogen-bond donors (Lipinski definition) is 1. The zero-order chi connectivity index (χ0) is 10.8. The van der Waals surface area contributed by atoms with Crippen LogP contribution >= 0.6 is 12.6 Å². The van der Waals surface area contributed by atoms with E-state index < -0.39 is 0 Å². The molecule has 0 saturated carbocycles. The van der Waals surface area contributed by atoms with Gasteiger partial charge in [0.25, 0.3) is 5.24 Å². The van der Waals surface area contributed by atoms with Gasteiger partial charge in [0.05, 0.1) is 0 Å². The number of rotatable bonds is 1. The van der Waals surface area contributed by atoms with Gasteiger partial charge in [-0.25, -0.2) is 0 Å². The van der Waals surface area contributed by atoms with E-state index in [-0.39, 0.29) is 5.24 Å². The summed E-state index contributed by atoms with van der Waals surface area (Å²) in [4.78, 5) is 12.6. The minimum absolute atomic E-state index is 0.259. The number of anilines is 1. The largest absolute Gasteiger partial charge is 0.307 e. The maximum Gasteiger partial charge on any atom is 0.282 e. The fourth-order valence-corrected chi connectivity index (χ4v) is 1.61. The van der Waals surface area contributed by atoms with Crippen LogP contribution in [0.4, 0.5) is 10.5 Å². The highest BCUT2D eigenvalue weighted by Gasteiger charge is 2.06. The quantitative estimate of drug-likeness (QED) is 0.726. The second kappa shape index (κ2) is 3.95. The monoisotopic (exact) mass is 217 g/mol. The SMILES string of the molecule is CN(C(=O)S)c1ccc2ccccc2c1. The summed E-state index contributed by atoms with van der Waals surface area (Å²) in [6.45, 7) is 0. The molecule has 2 nitrogen and oxygen atoms in total. The van der Waals surface area contributed by atoms with Crippen LogP contribution in [-0.4, -0.2) is 12.3 Å². The smallest absolute Gasteiger partial charge is 0.282 e. The van der Waals surface area contributed by atoms with Crippen molar-refractivity contribution in [3.8, 4) is 0 Å². The molecule has 3 heteroatoms. The molecule has 0 aromatic heterocycles. The van der Waals surface area contributed by atoms with E-state index in [2.05, 4.69) is 12.6 Å². The Balaban J connectivity index is 2.51. The van der Waals surface area contributed by atoms with Crippen molar-refractivity contribution in [2.24, 2.45) is 0 Å². The Morgan fingerprint density at radius 1 is 1.13 bits per heavy atom. The van der Waals surface area contributed by atoms with Crippen molar-refractivity contribution in [2.45, 2.75) is 0 Å². The number of benzene rings is 2. The standard InChI is InChI=1S/C12H11NOS/c1-13(12(14)15)11-7-6-9-4-2-3-5-10(9)8-11/h2-8H,1H3,(H,14,15). The van der Waals surface area contributed by atoms with Gasteiger partial charge < -0.3 is 4.90 Å². The predicted molar refractivity (Wildman–Crippen MR) is 66.7 cm³/mol. The molecule has 1 amide bonds. The summed E-state index contributed by atoms with van der Waals surface area (Å²) in [5, 5.41) is 2.03. The van der Waals surface area contributed by atoms with Crippen molar-refractivity contribution in [2.75, 3.05) is 11.9 Å². The van der Waals surface area contributed by atoms with Crippen LogP contribution in [0.5, 0.6) is 0 Å². The Kier molecular flexibility index (Phi) is 2.64. The first-order chi connectivity index (χ1) is 7.18. The molecule has 0 saturated heterocycles. The molecule has 0 atom stereocenters. The molecule has 0 aliphatic heterocycles. The molecule has 0 radical (unpaired) electrons. The molecule has 0 fully saturated rings. The third kappa shape index (κ3) is 1.97. The van der Waals surface area contributed by atoms with E-state index in [0.717, 1.165) is 11.1 Å². The van der Waals surface area contributed by atoms with Crippen molar-refractivity contribution >= 4 is 34.3 Å². The van der Waals surface area contributed by atoms with Gasteiger partial charge in [-0.15, -0.1) is 0 Å². The number of nitrogens with zero attached hydrogens (tertiary/aromatic N) is 1. The third-order valence-electron chi connectivity index (χ3n) is 2.41. The second-order valence-electron chi connectivity index (χ2n) is 3.37. The van der Waals surface area contributed by atoms with Crippen LogP contribution in [0.25, 0.3) is 10.8 Å². The van der Waals surface area contributed by atoms with Gasteiger partial charge in [0.15, 0.2) is 0 Å². The molecular formula is C12H11NOS. The summed E-state index contributed by atoms with van der Waals surface area (Å²) in [5.41, 5.74) is 0.855. The number of carbonyl (C=O) groups excluding carboxylic acids is 1. The molecule has 2 aromatic rings. The molecule has 0 aliphatic carbocycles. The minimum atomic E-state index is -0.259. The Labute approximate surface area is 93.9 Å². The summed E-state index contributed by atoms with van der Waals surface area (Å²) < 4.78 is 0. The molecule has 0 spiro atoms. The maximum absolute atomic E-state index is 11.1. The number of hydrogen-bond acceptors (Lipinski definition) is 1. The van der Waals surface area contributed by atoms with E-state index in [4.69, 9.17) is 0 Å². The van der Waals surface area contributed by atoms with Crippen molar-refractivity contribution in [1.82, 2.24) is 0 Å². The first-order valence-corrected chi connectivity index (χ1v) is 5.08. The molecule has 0 N–H and O–H groups in total. The highest BCUT2D eigenvalue weighted by molar-refractivity contribution is 7.96. The highest BCUT2D eigenvalue weighted by Crippen LogP contribution is 2.21. The third-order valence-corrected chi connectivity index (χ3v) is 2.71. The van der Waals surface area contributed by atoms with E-state index in [0.29, 0.717) is 0 Å². The zero-order valence-electron chi connectivity index (χ0n) is 8.34. The predicted octanol–water partition coefficient (Wildman–Crippen LogP) is 3.33. The number of thiol groups is 1. The van der Waals surface area contributed by atoms with Crippen molar-refractivity contribution in [3.63, 3.8) is 0 Å². The fraction of sp³-hybridized carbons (Fsp3) is 0.0833. The Morgan fingerprint density at radius 3 is 2.47 bits per heavy atom. The van der Waals surface area contributed by atoms with Crippen LogP contribution in [0.3, 0.4) is 0 Å². The van der Waals surface area contributed by atoms with Crippen LogP contribution in [0.1, 0.15) is 0 Å². The van der Waals surface area contributed by atoms with Gasteiger partial charge in [0.2, 0.25) is 0 Å². The average molecular weight is 217 g/mol. The van der Waals surface area contributed by atoms with Crippen LogP contribution in [-0.2, 0) is 0 Å². The van der Waals surface area contributed by atoms with Crippen LogP contribution in [0.2, 0.25) is 0 Å². The number of amides is 1. The van der Waals surface area contributed by atoms with Crippen LogP contribution in [0, 0.1) is 0 Å². The van der Waals surface area contributed by atoms with Gasteiger partial charge in [0.1, 0.15) is 0 Å². The molecule has 76 valence electrons. The molecule has 0 bridgehead atoms. The van der Waals surface area contributed by atoms with Crippen molar-refractivity contribution in [3.05, 3.63) is 42.5 Å². The Hall–Kier alpha value is -1.48. The van der Waals surface area contributed by atoms with E-state index in [1.807, 2.05) is 42.5 Å². The normalized spacial score (nSPS) is 10.3. The average Bonchev–Trinajstić information content (AvgIpc) is 2.27. The fourth-order valence-electron chi connectivity index (χ4n) is 1.50. The summed E-state index contributed by atoms with van der Waals surface area (Å²) in [7, 11) is 1.71. The zero-order valence-corrected chi connectivity index (χ0v) is 9.24. The van der Waals surface area contributed by atoms with Gasteiger partial charge >= 0.3 is 0 Å². The Bertz CT molecular complexity index is 510. The van der Waals surface area contributed by atoms with E-state index >= 15 is 0 Å². The highest BCUT2D eigenvalue weighted by atomic mass is 32.1. The Morgan fingerprint density at radius 2 is 1.80 bits per heavy atom. The van der Waals surface area contributed by atoms with E-state index in [1.54, 1.807) is 7.05 Å². The van der Waals surface area contributed by atoms with Gasteiger partial charge in [-0.3, -0.25) is 4.79 Å². The molecule has 2 aromatic carbocycles. The lowest BCUT2D eigenvalue weighted by Crippen LogP contribution is -2.19. The molecule has 0 heterocycles. The molecule has 15 heavy (non-hydrogen) atoms. The summed E-state index contributed by atoms with van der Waals surface area (Å²) >= 11 is 3.79. The maximum atomic E-state index is 11.1. The minimum Gasteiger partial charge on any atom is -0.307 e. The summed E-state index contributed by atoms with van der Waals surface area (Å²) in [6.07, 6.45) is 0. The number of fused-ring (bicyclic) bond motifs is 1. The van der Waals surface area contributed by atoms with Crippen LogP contribution < -0.4 is 4.90 Å². The lowest BCUT2D eigenvalue weighted by molar-refractivity contribution is 0.266. The molecule has 2 rings (SSSR count). The molecular weight excluding hydrogens is 206 g/mol. The first-order valence-electron chi connectivity index (χ1n) is 4.64. The topological polar surface area (TPSA) is 20.3 Å². The van der Waals surface area contributed by atoms with E-state index in [1.165, 1.54) is 10.3 Å². The van der Waals surface area contributed by atoms with Crippen molar-refractivity contribution in [1.29, 1.82) is 0 Å². The lowest BCUT2D eigenvalue weighted by Gasteiger charge is -2.14. The van der Waals surface area contributed by atoms with Crippen LogP contribution in [0.15, 0.2) is 42.5 Å². The summed E-state index contributed by atoms with van der Waals surface area (Å²) in [5.74, 6) is 0. The summed E-state index contributed by atoms with van der Waals surface area (Å²) in [6, 6.07) is 13.9. The van der Waals surface area contributed by atoms with Crippen molar-refractivity contribution < 1.29 is 4.79 Å². The molecule has 0 aliphatic rings.